The minimum Gasteiger partial charge on any atom is -0.499 e. The highest BCUT2D eigenvalue weighted by Gasteiger charge is 2.36. The summed E-state index contributed by atoms with van der Waals surface area (Å²) < 4.78 is 47.2. The van der Waals surface area contributed by atoms with Gasteiger partial charge < -0.3 is 18.9 Å². The molecule has 0 saturated heterocycles. The summed E-state index contributed by atoms with van der Waals surface area (Å²) in [6.07, 6.45) is 4.24. The van der Waals surface area contributed by atoms with Gasteiger partial charge in [0.2, 0.25) is 0 Å². The largest absolute Gasteiger partial charge is 0.499 e. The molecule has 0 radical (unpaired) electrons. The van der Waals surface area contributed by atoms with Crippen molar-refractivity contribution in [2.75, 3.05) is 26.4 Å². The number of benzene rings is 1. The zero-order chi connectivity index (χ0) is 27.0. The van der Waals surface area contributed by atoms with Crippen molar-refractivity contribution in [3.63, 3.8) is 0 Å². The first kappa shape index (κ1) is 30.9. The molecule has 2 atom stereocenters. The van der Waals surface area contributed by atoms with Crippen LogP contribution in [0.2, 0.25) is 0 Å². The van der Waals surface area contributed by atoms with Crippen LogP contribution in [-0.2, 0) is 42.1 Å². The average molecular weight is 523 g/mol. The van der Waals surface area contributed by atoms with Crippen molar-refractivity contribution in [3.05, 3.63) is 79.3 Å². The van der Waals surface area contributed by atoms with Gasteiger partial charge in [0.1, 0.15) is 38.6 Å². The second-order valence-electron chi connectivity index (χ2n) is 7.65. The third-order valence-corrected chi connectivity index (χ3v) is 6.26. The van der Waals surface area contributed by atoms with E-state index in [2.05, 4.69) is 13.2 Å². The molecule has 0 aliphatic heterocycles. The molecule has 0 fully saturated rings. The lowest BCUT2D eigenvalue weighted by Crippen LogP contribution is -2.32. The van der Waals surface area contributed by atoms with E-state index in [0.29, 0.717) is 0 Å². The van der Waals surface area contributed by atoms with E-state index in [1.807, 2.05) is 0 Å². The molecule has 0 N–H and O–H groups in total. The van der Waals surface area contributed by atoms with Crippen molar-refractivity contribution in [2.45, 2.75) is 39.9 Å². The predicted molar refractivity (Wildman–Crippen MR) is 137 cm³/mol. The minimum absolute atomic E-state index is 0.0849. The lowest BCUT2D eigenvalue weighted by molar-refractivity contribution is -0.142. The maximum atomic E-state index is 14.2. The molecule has 2 unspecified atom stereocenters. The monoisotopic (exact) mass is 522 g/mol. The Morgan fingerprint density at radius 2 is 1.22 bits per heavy atom. The molecule has 1 rings (SSSR count). The van der Waals surface area contributed by atoms with E-state index in [0.717, 1.165) is 0 Å². The molecule has 0 aliphatic rings. The van der Waals surface area contributed by atoms with Crippen molar-refractivity contribution < 1.29 is 42.1 Å². The zero-order valence-corrected chi connectivity index (χ0v) is 22.1. The van der Waals surface area contributed by atoms with Crippen molar-refractivity contribution in [1.29, 1.82) is 0 Å². The molecule has 0 aliphatic carbocycles. The summed E-state index contributed by atoms with van der Waals surface area (Å²) in [5.74, 6) is -1.26. The molecule has 1 aromatic carbocycles. The van der Waals surface area contributed by atoms with Crippen LogP contribution in [0, 0.1) is 0 Å². The van der Waals surface area contributed by atoms with Crippen LogP contribution >= 0.6 is 7.60 Å². The molecule has 10 heteroatoms. The molecule has 198 valence electrons. The smallest absolute Gasteiger partial charge is 0.362 e. The van der Waals surface area contributed by atoms with Crippen molar-refractivity contribution >= 4 is 24.8 Å². The number of hydrogen-bond donors (Lipinski definition) is 0. The molecule has 0 aromatic heterocycles. The van der Waals surface area contributed by atoms with Crippen LogP contribution in [0.5, 0.6) is 0 Å². The summed E-state index contributed by atoms with van der Waals surface area (Å²) in [5.41, 5.74) is 0.400. The summed E-state index contributed by atoms with van der Waals surface area (Å²) in [7, 11) is -4.08. The summed E-state index contributed by atoms with van der Waals surface area (Å²) in [6.45, 7) is 12.9. The Morgan fingerprint density at radius 3 is 1.58 bits per heavy atom. The maximum Gasteiger partial charge on any atom is 0.362 e. The van der Waals surface area contributed by atoms with Crippen molar-refractivity contribution in [3.8, 4) is 0 Å². The summed E-state index contributed by atoms with van der Waals surface area (Å²) in [6, 6.07) is 8.25. The van der Waals surface area contributed by atoms with Gasteiger partial charge in [0.15, 0.2) is 0 Å². The highest BCUT2D eigenvalue weighted by molar-refractivity contribution is 7.62. The Morgan fingerprint density at radius 1 is 0.806 bits per heavy atom. The van der Waals surface area contributed by atoms with E-state index in [-0.39, 0.29) is 42.9 Å². The van der Waals surface area contributed by atoms with Gasteiger partial charge in [-0.3, -0.25) is 13.6 Å². The van der Waals surface area contributed by atoms with E-state index < -0.39 is 31.7 Å². The number of esters is 2. The number of allylic oxidation sites excluding steroid dienone is 2. The molecular weight excluding hydrogens is 487 g/mol. The van der Waals surface area contributed by atoms with Crippen LogP contribution in [0.15, 0.2) is 79.3 Å². The Kier molecular flexibility index (Phi) is 14.2. The van der Waals surface area contributed by atoms with E-state index in [9.17, 15) is 14.2 Å². The van der Waals surface area contributed by atoms with E-state index >= 15 is 0 Å². The molecular formula is C26H35O9P. The number of carbonyl (C=O) groups is 2. The number of hydrogen-bond acceptors (Lipinski definition) is 9. The lowest BCUT2D eigenvalue weighted by Gasteiger charge is -2.28. The molecule has 0 amide bonds. The van der Waals surface area contributed by atoms with Crippen LogP contribution in [0.1, 0.15) is 27.7 Å². The third kappa shape index (κ3) is 11.5. The third-order valence-electron chi connectivity index (χ3n) is 4.17. The normalized spacial score (nSPS) is 14.6. The summed E-state index contributed by atoms with van der Waals surface area (Å²) in [4.78, 5) is 23.9. The molecule has 0 heterocycles. The Hall–Kier alpha value is -3.13. The van der Waals surface area contributed by atoms with Gasteiger partial charge in [0.25, 0.3) is 0 Å². The molecule has 0 spiro atoms. The Labute approximate surface area is 212 Å². The van der Waals surface area contributed by atoms with Crippen LogP contribution in [0.3, 0.4) is 0 Å². The summed E-state index contributed by atoms with van der Waals surface area (Å²) >= 11 is 0. The van der Waals surface area contributed by atoms with E-state index in [1.165, 1.54) is 26.4 Å². The average Bonchev–Trinajstić information content (AvgIpc) is 2.85. The molecule has 0 bridgehead atoms. The Bertz CT molecular complexity index is 913. The first-order chi connectivity index (χ1) is 17.1. The molecule has 36 heavy (non-hydrogen) atoms. The number of ether oxygens (including phenoxy) is 4. The quantitative estimate of drug-likeness (QED) is 0.125. The lowest BCUT2D eigenvalue weighted by atomic mass is 10.3. The van der Waals surface area contributed by atoms with Gasteiger partial charge in [-0.1, -0.05) is 43.5 Å². The molecule has 0 saturated carbocycles. The fraction of sp³-hybridized carbons (Fsp3) is 0.385. The number of rotatable bonds is 17. The van der Waals surface area contributed by atoms with Crippen LogP contribution in [0.25, 0.3) is 0 Å². The van der Waals surface area contributed by atoms with Crippen LogP contribution < -0.4 is 5.30 Å². The van der Waals surface area contributed by atoms with Crippen LogP contribution in [0.4, 0.5) is 0 Å². The van der Waals surface area contributed by atoms with E-state index in [4.69, 9.17) is 28.0 Å². The fourth-order valence-electron chi connectivity index (χ4n) is 2.47. The maximum absolute atomic E-state index is 14.2. The zero-order valence-electron chi connectivity index (χ0n) is 21.2. The van der Waals surface area contributed by atoms with Crippen molar-refractivity contribution in [2.24, 2.45) is 0 Å². The standard InChI is InChI=1S/C26H35O9P/c1-7-14-30-16-22(18-32-25(27)20(3)4)34-36(29,24-12-10-9-11-13-24)35-23(17-31-15-8-2)19-33-26(28)21(5)6/h7-15,22-23H,3,5,16-19H2,1-2,4,6H3/b14-7+,15-8+. The van der Waals surface area contributed by atoms with Gasteiger partial charge in [-0.25, -0.2) is 9.59 Å². The molecule has 1 aromatic rings. The summed E-state index contributed by atoms with van der Waals surface area (Å²) in [5, 5.41) is 0.245. The topological polar surface area (TPSA) is 107 Å². The predicted octanol–water partition coefficient (Wildman–Crippen LogP) is 4.61. The highest BCUT2D eigenvalue weighted by atomic mass is 31.2. The van der Waals surface area contributed by atoms with Gasteiger partial charge in [0, 0.05) is 11.1 Å². The SMILES string of the molecule is C=C(C)C(=O)OCC(CO/C=C/C)OP(=O)(OC(CO/C=C/C)COC(=O)C(=C)C)c1ccccc1. The first-order valence-corrected chi connectivity index (χ1v) is 12.8. The highest BCUT2D eigenvalue weighted by Crippen LogP contribution is 2.49. The Balaban J connectivity index is 3.24. The second-order valence-corrected chi connectivity index (χ2v) is 9.58. The van der Waals surface area contributed by atoms with Gasteiger partial charge in [-0.05, 0) is 39.8 Å². The van der Waals surface area contributed by atoms with E-state index in [1.54, 1.807) is 56.3 Å². The van der Waals surface area contributed by atoms with Gasteiger partial charge in [-0.2, -0.15) is 0 Å². The first-order valence-electron chi connectivity index (χ1n) is 11.3. The fourth-order valence-corrected chi connectivity index (χ4v) is 4.33. The van der Waals surface area contributed by atoms with Gasteiger partial charge >= 0.3 is 19.5 Å². The van der Waals surface area contributed by atoms with Crippen molar-refractivity contribution in [1.82, 2.24) is 0 Å². The minimum atomic E-state index is -4.08. The molecule has 9 nitrogen and oxygen atoms in total. The van der Waals surface area contributed by atoms with Crippen LogP contribution in [-0.4, -0.2) is 50.6 Å². The second kappa shape index (κ2) is 16.5. The van der Waals surface area contributed by atoms with Gasteiger partial charge in [-0.15, -0.1) is 0 Å². The number of carbonyl (C=O) groups excluding carboxylic acids is 2. The van der Waals surface area contributed by atoms with Gasteiger partial charge in [0.05, 0.1) is 17.8 Å².